The number of rotatable bonds is 3. The van der Waals surface area contributed by atoms with E-state index in [0.717, 1.165) is 6.42 Å². The van der Waals surface area contributed by atoms with Gasteiger partial charge in [0.05, 0.1) is 30.1 Å². The number of aliphatic hydroxyl groups excluding tert-OH is 1. The fraction of sp³-hybridized carbons (Fsp3) is 0.333. The molecule has 1 heterocycles. The van der Waals surface area contributed by atoms with Crippen LogP contribution in [0.2, 0.25) is 0 Å². The van der Waals surface area contributed by atoms with Gasteiger partial charge in [0.25, 0.3) is 0 Å². The maximum absolute atomic E-state index is 13.7. The molecule has 2 aromatic rings. The molecule has 2 N–H and O–H groups in total. The highest BCUT2D eigenvalue weighted by atomic mass is 19.1. The molecule has 0 radical (unpaired) electrons. The number of aliphatic hydroxyl groups is 1. The molecule has 3 rings (SSSR count). The largest absolute Gasteiger partial charge is 0.392 e. The predicted octanol–water partition coefficient (Wildman–Crippen LogP) is 2.11. The van der Waals surface area contributed by atoms with E-state index >= 15 is 0 Å². The fourth-order valence-corrected chi connectivity index (χ4v) is 2.64. The summed E-state index contributed by atoms with van der Waals surface area (Å²) in [6.45, 7) is 0. The third-order valence-corrected chi connectivity index (χ3v) is 3.77. The van der Waals surface area contributed by atoms with Crippen molar-refractivity contribution >= 4 is 11.6 Å². The van der Waals surface area contributed by atoms with Crippen molar-refractivity contribution in [3.63, 3.8) is 0 Å². The second-order valence-corrected chi connectivity index (χ2v) is 5.22. The van der Waals surface area contributed by atoms with E-state index in [-0.39, 0.29) is 17.6 Å². The summed E-state index contributed by atoms with van der Waals surface area (Å²) >= 11 is 0. The van der Waals surface area contributed by atoms with Gasteiger partial charge < -0.3 is 10.4 Å². The summed E-state index contributed by atoms with van der Waals surface area (Å²) in [5, 5.41) is 16.5. The van der Waals surface area contributed by atoms with E-state index in [2.05, 4.69) is 10.4 Å². The maximum Gasteiger partial charge on any atom is 0.230 e. The molecule has 2 atom stereocenters. The molecule has 0 saturated heterocycles. The van der Waals surface area contributed by atoms with Crippen LogP contribution in [0.4, 0.5) is 10.1 Å². The molecule has 21 heavy (non-hydrogen) atoms. The van der Waals surface area contributed by atoms with E-state index in [4.69, 9.17) is 0 Å². The van der Waals surface area contributed by atoms with Gasteiger partial charge in [0, 0.05) is 0 Å². The Morgan fingerprint density at radius 2 is 2.19 bits per heavy atom. The Morgan fingerprint density at radius 3 is 2.90 bits per heavy atom. The number of halogens is 1. The number of anilines is 1. The van der Waals surface area contributed by atoms with E-state index in [0.29, 0.717) is 24.2 Å². The SMILES string of the molecule is O=C(Nc1cnn(-c2ccccc2F)c1)C1CCCC1O. The van der Waals surface area contributed by atoms with Crippen molar-refractivity contribution in [1.82, 2.24) is 9.78 Å². The van der Waals surface area contributed by atoms with Gasteiger partial charge in [-0.25, -0.2) is 9.07 Å². The Labute approximate surface area is 121 Å². The van der Waals surface area contributed by atoms with E-state index in [1.807, 2.05) is 0 Å². The van der Waals surface area contributed by atoms with Gasteiger partial charge in [-0.3, -0.25) is 4.79 Å². The summed E-state index contributed by atoms with van der Waals surface area (Å²) in [7, 11) is 0. The smallest absolute Gasteiger partial charge is 0.230 e. The molecule has 1 aliphatic carbocycles. The van der Waals surface area contributed by atoms with Gasteiger partial charge >= 0.3 is 0 Å². The maximum atomic E-state index is 13.7. The first-order chi connectivity index (χ1) is 10.1. The molecule has 0 spiro atoms. The summed E-state index contributed by atoms with van der Waals surface area (Å²) in [5.74, 6) is -0.973. The minimum Gasteiger partial charge on any atom is -0.392 e. The number of benzene rings is 1. The zero-order chi connectivity index (χ0) is 14.8. The van der Waals surface area contributed by atoms with Crippen LogP contribution >= 0.6 is 0 Å². The monoisotopic (exact) mass is 289 g/mol. The van der Waals surface area contributed by atoms with Gasteiger partial charge in [-0.15, -0.1) is 0 Å². The Kier molecular flexibility index (Phi) is 3.70. The summed E-state index contributed by atoms with van der Waals surface area (Å²) in [6, 6.07) is 6.28. The molecule has 6 heteroatoms. The van der Waals surface area contributed by atoms with Crippen molar-refractivity contribution in [2.24, 2.45) is 5.92 Å². The molecular weight excluding hydrogens is 273 g/mol. The van der Waals surface area contributed by atoms with Crippen LogP contribution in [0.25, 0.3) is 5.69 Å². The van der Waals surface area contributed by atoms with Crippen molar-refractivity contribution in [1.29, 1.82) is 0 Å². The van der Waals surface area contributed by atoms with Crippen molar-refractivity contribution in [2.45, 2.75) is 25.4 Å². The van der Waals surface area contributed by atoms with E-state index in [1.54, 1.807) is 24.4 Å². The quantitative estimate of drug-likeness (QED) is 0.909. The van der Waals surface area contributed by atoms with E-state index in [1.165, 1.54) is 16.9 Å². The zero-order valence-electron chi connectivity index (χ0n) is 11.4. The third kappa shape index (κ3) is 2.80. The Balaban J connectivity index is 1.74. The zero-order valence-corrected chi connectivity index (χ0v) is 11.4. The second kappa shape index (κ2) is 5.65. The van der Waals surface area contributed by atoms with Crippen LogP contribution in [0, 0.1) is 11.7 Å². The van der Waals surface area contributed by atoms with Crippen molar-refractivity contribution in [3.8, 4) is 5.69 Å². The number of para-hydroxylation sites is 1. The number of carbonyl (C=O) groups is 1. The average Bonchev–Trinajstić information content (AvgIpc) is 3.08. The van der Waals surface area contributed by atoms with Crippen molar-refractivity contribution in [2.75, 3.05) is 5.32 Å². The van der Waals surface area contributed by atoms with E-state index in [9.17, 15) is 14.3 Å². The number of carbonyl (C=O) groups excluding carboxylic acids is 1. The molecule has 1 aromatic heterocycles. The minimum atomic E-state index is -0.577. The molecule has 2 unspecified atom stereocenters. The molecule has 1 amide bonds. The molecule has 5 nitrogen and oxygen atoms in total. The molecule has 110 valence electrons. The molecular formula is C15H16FN3O2. The lowest BCUT2D eigenvalue weighted by Gasteiger charge is -2.13. The number of hydrogen-bond acceptors (Lipinski definition) is 3. The van der Waals surface area contributed by atoms with Crippen LogP contribution < -0.4 is 5.32 Å². The molecule has 1 saturated carbocycles. The topological polar surface area (TPSA) is 67.2 Å². The number of hydrogen-bond donors (Lipinski definition) is 2. The van der Waals surface area contributed by atoms with Crippen molar-refractivity contribution < 1.29 is 14.3 Å². The molecule has 1 aliphatic rings. The van der Waals surface area contributed by atoms with Crippen LogP contribution in [-0.2, 0) is 4.79 Å². The highest BCUT2D eigenvalue weighted by Crippen LogP contribution is 2.26. The molecule has 0 aliphatic heterocycles. The second-order valence-electron chi connectivity index (χ2n) is 5.22. The standard InChI is InChI=1S/C15H16FN3O2/c16-12-5-1-2-6-13(12)19-9-10(8-17-19)18-15(21)11-4-3-7-14(11)20/h1-2,5-6,8-9,11,14,20H,3-4,7H2,(H,18,21). The van der Waals surface area contributed by atoms with E-state index < -0.39 is 6.10 Å². The predicted molar refractivity (Wildman–Crippen MR) is 75.5 cm³/mol. The number of nitrogens with one attached hydrogen (secondary N) is 1. The fourth-order valence-electron chi connectivity index (χ4n) is 2.64. The Bertz CT molecular complexity index is 656. The number of aromatic nitrogens is 2. The Hall–Kier alpha value is -2.21. The van der Waals surface area contributed by atoms with Gasteiger partial charge in [0.15, 0.2) is 0 Å². The number of amides is 1. The van der Waals surface area contributed by atoms with Gasteiger partial charge in [-0.1, -0.05) is 12.1 Å². The van der Waals surface area contributed by atoms with Crippen LogP contribution in [0.15, 0.2) is 36.7 Å². The summed E-state index contributed by atoms with van der Waals surface area (Å²) in [4.78, 5) is 12.1. The third-order valence-electron chi connectivity index (χ3n) is 3.77. The lowest BCUT2D eigenvalue weighted by atomic mass is 10.1. The first-order valence-corrected chi connectivity index (χ1v) is 6.93. The van der Waals surface area contributed by atoms with Gasteiger partial charge in [-0.05, 0) is 31.4 Å². The number of nitrogens with zero attached hydrogens (tertiary/aromatic N) is 2. The van der Waals surface area contributed by atoms with Crippen LogP contribution in [0.1, 0.15) is 19.3 Å². The first kappa shape index (κ1) is 13.8. The normalized spacial score (nSPS) is 21.4. The highest BCUT2D eigenvalue weighted by Gasteiger charge is 2.31. The van der Waals surface area contributed by atoms with Gasteiger partial charge in [-0.2, -0.15) is 5.10 Å². The van der Waals surface area contributed by atoms with Crippen LogP contribution in [0.3, 0.4) is 0 Å². The highest BCUT2D eigenvalue weighted by molar-refractivity contribution is 5.92. The summed E-state index contributed by atoms with van der Waals surface area (Å²) < 4.78 is 15.0. The lowest BCUT2D eigenvalue weighted by molar-refractivity contribution is -0.122. The minimum absolute atomic E-state index is 0.215. The Morgan fingerprint density at radius 1 is 1.38 bits per heavy atom. The molecule has 1 aromatic carbocycles. The van der Waals surface area contributed by atoms with Crippen molar-refractivity contribution in [3.05, 3.63) is 42.5 Å². The van der Waals surface area contributed by atoms with Gasteiger partial charge in [0.1, 0.15) is 11.5 Å². The van der Waals surface area contributed by atoms with Crippen LogP contribution in [-0.4, -0.2) is 26.9 Å². The molecule has 1 fully saturated rings. The summed E-state index contributed by atoms with van der Waals surface area (Å²) in [5.41, 5.74) is 0.807. The van der Waals surface area contributed by atoms with Crippen LogP contribution in [0.5, 0.6) is 0 Å². The first-order valence-electron chi connectivity index (χ1n) is 6.93. The summed E-state index contributed by atoms with van der Waals surface area (Å²) in [6.07, 6.45) is 4.64. The lowest BCUT2D eigenvalue weighted by Crippen LogP contribution is -2.28. The molecule has 0 bridgehead atoms. The average molecular weight is 289 g/mol. The van der Waals surface area contributed by atoms with Gasteiger partial charge in [0.2, 0.25) is 5.91 Å².